The Morgan fingerprint density at radius 1 is 1.08 bits per heavy atom. The molecular weight excluding hydrogens is 347 g/mol. The SMILES string of the molecule is Cc1cccc(-n2c(SCc3ccccc3)nc([O-])cc2=O)c1.[K+]. The minimum absolute atomic E-state index is 0. The van der Waals surface area contributed by atoms with Crippen LogP contribution in [-0.2, 0) is 5.75 Å². The van der Waals surface area contributed by atoms with Crippen molar-refractivity contribution in [2.45, 2.75) is 17.8 Å². The van der Waals surface area contributed by atoms with E-state index in [9.17, 15) is 9.90 Å². The van der Waals surface area contributed by atoms with Crippen molar-refractivity contribution in [2.75, 3.05) is 0 Å². The van der Waals surface area contributed by atoms with E-state index in [0.717, 1.165) is 22.9 Å². The van der Waals surface area contributed by atoms with Crippen LogP contribution in [0.5, 0.6) is 5.88 Å². The van der Waals surface area contributed by atoms with E-state index >= 15 is 0 Å². The fourth-order valence-corrected chi connectivity index (χ4v) is 3.23. The van der Waals surface area contributed by atoms with Crippen LogP contribution in [0.25, 0.3) is 5.69 Å². The normalized spacial score (nSPS) is 10.2. The molecule has 0 unspecified atom stereocenters. The van der Waals surface area contributed by atoms with Gasteiger partial charge in [-0.1, -0.05) is 54.2 Å². The van der Waals surface area contributed by atoms with E-state index in [1.807, 2.05) is 61.5 Å². The molecule has 0 bridgehead atoms. The van der Waals surface area contributed by atoms with Gasteiger partial charge in [-0.2, -0.15) is 0 Å². The first kappa shape index (κ1) is 19.4. The molecule has 0 N–H and O–H groups in total. The third kappa shape index (κ3) is 4.81. The maximum Gasteiger partial charge on any atom is 1.00 e. The zero-order valence-corrected chi connectivity index (χ0v) is 17.5. The van der Waals surface area contributed by atoms with Crippen molar-refractivity contribution < 1.29 is 56.5 Å². The Morgan fingerprint density at radius 2 is 1.83 bits per heavy atom. The molecule has 0 atom stereocenters. The van der Waals surface area contributed by atoms with Crippen LogP contribution in [0.2, 0.25) is 0 Å². The van der Waals surface area contributed by atoms with Crippen LogP contribution in [0.15, 0.2) is 70.6 Å². The fourth-order valence-electron chi connectivity index (χ4n) is 2.26. The van der Waals surface area contributed by atoms with E-state index in [0.29, 0.717) is 10.9 Å². The molecule has 1 heterocycles. The predicted octanol–water partition coefficient (Wildman–Crippen LogP) is -0.0892. The van der Waals surface area contributed by atoms with Gasteiger partial charge in [-0.25, -0.2) is 4.98 Å². The molecule has 6 heteroatoms. The van der Waals surface area contributed by atoms with Gasteiger partial charge in [-0.05, 0) is 36.1 Å². The van der Waals surface area contributed by atoms with Gasteiger partial charge in [-0.3, -0.25) is 9.36 Å². The minimum Gasteiger partial charge on any atom is -0.858 e. The third-order valence-electron chi connectivity index (χ3n) is 3.34. The summed E-state index contributed by atoms with van der Waals surface area (Å²) in [4.78, 5) is 16.3. The van der Waals surface area contributed by atoms with Crippen LogP contribution >= 0.6 is 11.8 Å². The molecule has 24 heavy (non-hydrogen) atoms. The summed E-state index contributed by atoms with van der Waals surface area (Å²) in [5, 5.41) is 12.0. The van der Waals surface area contributed by atoms with Gasteiger partial charge in [-0.15, -0.1) is 0 Å². The van der Waals surface area contributed by atoms with Crippen molar-refractivity contribution in [2.24, 2.45) is 0 Å². The van der Waals surface area contributed by atoms with Crippen LogP contribution in [-0.4, -0.2) is 9.55 Å². The zero-order chi connectivity index (χ0) is 16.2. The molecule has 0 fully saturated rings. The molecule has 0 spiro atoms. The number of thioether (sulfide) groups is 1. The Morgan fingerprint density at radius 3 is 2.54 bits per heavy atom. The summed E-state index contributed by atoms with van der Waals surface area (Å²) in [5.74, 6) is 0.136. The topological polar surface area (TPSA) is 57.9 Å². The Labute approximate surface area is 187 Å². The van der Waals surface area contributed by atoms with Crippen molar-refractivity contribution >= 4 is 11.8 Å². The Kier molecular flexibility index (Phi) is 7.27. The zero-order valence-electron chi connectivity index (χ0n) is 13.6. The molecule has 0 radical (unpaired) electrons. The molecule has 3 rings (SSSR count). The van der Waals surface area contributed by atoms with Gasteiger partial charge in [0.25, 0.3) is 5.56 Å². The molecule has 0 aliphatic heterocycles. The van der Waals surface area contributed by atoms with E-state index in [2.05, 4.69) is 4.98 Å². The average Bonchev–Trinajstić information content (AvgIpc) is 2.53. The summed E-state index contributed by atoms with van der Waals surface area (Å²) in [6.07, 6.45) is 0. The molecule has 0 aliphatic rings. The van der Waals surface area contributed by atoms with Crippen LogP contribution in [0.3, 0.4) is 0 Å². The maximum atomic E-state index is 12.3. The van der Waals surface area contributed by atoms with Crippen LogP contribution < -0.4 is 62.1 Å². The summed E-state index contributed by atoms with van der Waals surface area (Å²) in [6, 6.07) is 18.5. The van der Waals surface area contributed by atoms with E-state index in [-0.39, 0.29) is 56.9 Å². The second kappa shape index (κ2) is 8.99. The molecule has 0 amide bonds. The van der Waals surface area contributed by atoms with Crippen molar-refractivity contribution in [3.8, 4) is 11.6 Å². The number of hydrogen-bond acceptors (Lipinski definition) is 4. The standard InChI is InChI=1S/C18H16N2O2S.K/c1-13-6-5-9-15(10-13)20-17(22)11-16(21)19-18(20)23-12-14-7-3-2-4-8-14;/h2-11,21H,12H2,1H3;/q;+1/p-1. The Hall–Kier alpha value is -0.894. The quantitative estimate of drug-likeness (QED) is 0.370. The van der Waals surface area contributed by atoms with Crippen molar-refractivity contribution in [3.63, 3.8) is 0 Å². The van der Waals surface area contributed by atoms with E-state index in [1.165, 1.54) is 16.3 Å². The van der Waals surface area contributed by atoms with Crippen LogP contribution in [0.4, 0.5) is 0 Å². The molecule has 2 aromatic carbocycles. The molecule has 0 saturated carbocycles. The predicted molar refractivity (Wildman–Crippen MR) is 90.0 cm³/mol. The van der Waals surface area contributed by atoms with Gasteiger partial charge in [0.15, 0.2) is 5.16 Å². The smallest absolute Gasteiger partial charge is 0.858 e. The van der Waals surface area contributed by atoms with E-state index in [4.69, 9.17) is 0 Å². The molecule has 0 saturated heterocycles. The number of benzene rings is 2. The third-order valence-corrected chi connectivity index (χ3v) is 4.34. The van der Waals surface area contributed by atoms with Crippen molar-refractivity contribution in [1.29, 1.82) is 0 Å². The van der Waals surface area contributed by atoms with Gasteiger partial charge in [0, 0.05) is 11.8 Å². The first-order valence-corrected chi connectivity index (χ1v) is 8.17. The summed E-state index contributed by atoms with van der Waals surface area (Å²) in [7, 11) is 0. The van der Waals surface area contributed by atoms with Crippen LogP contribution in [0.1, 0.15) is 11.1 Å². The summed E-state index contributed by atoms with van der Waals surface area (Å²) >= 11 is 1.38. The van der Waals surface area contributed by atoms with Gasteiger partial charge in [0.05, 0.1) is 5.69 Å². The molecule has 0 aliphatic carbocycles. The summed E-state index contributed by atoms with van der Waals surface area (Å²) in [5.41, 5.74) is 2.52. The average molecular weight is 362 g/mol. The van der Waals surface area contributed by atoms with Crippen LogP contribution in [0, 0.1) is 6.92 Å². The first-order valence-electron chi connectivity index (χ1n) is 7.18. The second-order valence-corrected chi connectivity index (χ2v) is 6.11. The first-order chi connectivity index (χ1) is 11.1. The number of aryl methyl sites for hydroxylation is 1. The van der Waals surface area contributed by atoms with E-state index < -0.39 is 5.88 Å². The summed E-state index contributed by atoms with van der Waals surface area (Å²) < 4.78 is 1.49. The van der Waals surface area contributed by atoms with Gasteiger partial charge in [0.1, 0.15) is 0 Å². The van der Waals surface area contributed by atoms with Gasteiger partial charge >= 0.3 is 51.4 Å². The second-order valence-electron chi connectivity index (χ2n) is 5.16. The number of nitrogens with zero attached hydrogens (tertiary/aromatic N) is 2. The largest absolute Gasteiger partial charge is 1.00 e. The summed E-state index contributed by atoms with van der Waals surface area (Å²) in [6.45, 7) is 1.96. The number of hydrogen-bond donors (Lipinski definition) is 0. The molecule has 4 nitrogen and oxygen atoms in total. The fraction of sp³-hybridized carbons (Fsp3) is 0.111. The monoisotopic (exact) mass is 362 g/mol. The Bertz CT molecular complexity index is 882. The maximum absolute atomic E-state index is 12.3. The van der Waals surface area contributed by atoms with Crippen molar-refractivity contribution in [3.05, 3.63) is 82.1 Å². The number of rotatable bonds is 4. The number of aromatic nitrogens is 2. The molecule has 116 valence electrons. The van der Waals surface area contributed by atoms with Gasteiger partial charge < -0.3 is 5.11 Å². The Balaban J connectivity index is 0.00000208. The van der Waals surface area contributed by atoms with Crippen molar-refractivity contribution in [1.82, 2.24) is 9.55 Å². The molecule has 1 aromatic heterocycles. The van der Waals surface area contributed by atoms with Gasteiger partial charge in [0.2, 0.25) is 0 Å². The molecular formula is C18H15KN2O2S. The van der Waals surface area contributed by atoms with E-state index in [1.54, 1.807) is 0 Å². The molecule has 3 aromatic rings. The minimum atomic E-state index is -0.505.